The van der Waals surface area contributed by atoms with Gasteiger partial charge >= 0.3 is 0 Å². The number of rotatable bonds is 1. The van der Waals surface area contributed by atoms with Crippen molar-refractivity contribution >= 4 is 27.3 Å². The van der Waals surface area contributed by atoms with Gasteiger partial charge in [0.15, 0.2) is 0 Å². The van der Waals surface area contributed by atoms with Gasteiger partial charge < -0.3 is 5.11 Å². The maximum atomic E-state index is 9.73. The van der Waals surface area contributed by atoms with Gasteiger partial charge in [-0.1, -0.05) is 0 Å². The van der Waals surface area contributed by atoms with E-state index in [2.05, 4.69) is 28.9 Å². The lowest BCUT2D eigenvalue weighted by atomic mass is 10.2. The number of aryl methyl sites for hydroxylation is 1. The molecule has 1 heterocycles. The van der Waals surface area contributed by atoms with Gasteiger partial charge in [-0.25, -0.2) is 0 Å². The molecule has 11 heavy (non-hydrogen) atoms. The van der Waals surface area contributed by atoms with Crippen molar-refractivity contribution in [2.75, 3.05) is 0 Å². The van der Waals surface area contributed by atoms with E-state index in [1.165, 1.54) is 5.56 Å². The first kappa shape index (κ1) is 7.77. The van der Waals surface area contributed by atoms with Gasteiger partial charge in [0, 0.05) is 4.88 Å². The monoisotopic (exact) mass is 232 g/mol. The maximum Gasteiger partial charge on any atom is 0.0990 e. The number of hydrogen-bond acceptors (Lipinski definition) is 2. The summed E-state index contributed by atoms with van der Waals surface area (Å²) in [6, 6.07) is 2.07. The zero-order chi connectivity index (χ0) is 8.06. The van der Waals surface area contributed by atoms with Crippen molar-refractivity contribution in [1.29, 1.82) is 0 Å². The van der Waals surface area contributed by atoms with Crippen LogP contribution in [-0.4, -0.2) is 5.11 Å². The Kier molecular flexibility index (Phi) is 1.63. The summed E-state index contributed by atoms with van der Waals surface area (Å²) >= 11 is 5.09. The molecule has 0 amide bonds. The molecule has 0 unspecified atom stereocenters. The molecule has 0 atom stereocenters. The lowest BCUT2D eigenvalue weighted by Gasteiger charge is -2.00. The summed E-state index contributed by atoms with van der Waals surface area (Å²) in [5, 5.41) is 9.73. The van der Waals surface area contributed by atoms with E-state index < -0.39 is 5.60 Å². The molecule has 2 rings (SSSR count). The number of hydrogen-bond donors (Lipinski definition) is 1. The van der Waals surface area contributed by atoms with Crippen molar-refractivity contribution in [2.24, 2.45) is 0 Å². The molecule has 1 aromatic heterocycles. The molecule has 60 valence electrons. The summed E-state index contributed by atoms with van der Waals surface area (Å²) in [5.74, 6) is 0. The summed E-state index contributed by atoms with van der Waals surface area (Å²) in [5.41, 5.74) is 0.770. The molecule has 0 aromatic carbocycles. The van der Waals surface area contributed by atoms with E-state index in [4.69, 9.17) is 0 Å². The predicted molar refractivity (Wildman–Crippen MR) is 49.9 cm³/mol. The molecule has 0 bridgehead atoms. The Hall–Kier alpha value is 0.140. The van der Waals surface area contributed by atoms with Crippen molar-refractivity contribution in [3.05, 3.63) is 20.3 Å². The Labute approximate surface area is 78.2 Å². The summed E-state index contributed by atoms with van der Waals surface area (Å²) in [7, 11) is 0. The topological polar surface area (TPSA) is 20.2 Å². The first-order chi connectivity index (χ1) is 5.12. The average Bonchev–Trinajstić information content (AvgIpc) is 2.59. The molecule has 1 saturated carbocycles. The third-order valence-electron chi connectivity index (χ3n) is 2.04. The van der Waals surface area contributed by atoms with Crippen molar-refractivity contribution in [2.45, 2.75) is 25.4 Å². The van der Waals surface area contributed by atoms with Crippen LogP contribution in [0.1, 0.15) is 23.3 Å². The molecule has 1 aliphatic rings. The van der Waals surface area contributed by atoms with E-state index in [0.717, 1.165) is 21.5 Å². The average molecular weight is 233 g/mol. The molecule has 0 spiro atoms. The standard InChI is InChI=1S/C8H9BrOS/c1-5-4-6(11-7(5)9)8(10)2-3-8/h4,10H,2-3H2,1H3. The lowest BCUT2D eigenvalue weighted by molar-refractivity contribution is 0.155. The second kappa shape index (κ2) is 2.31. The van der Waals surface area contributed by atoms with Gasteiger partial charge in [0.2, 0.25) is 0 Å². The minimum Gasteiger partial charge on any atom is -0.384 e. The molecule has 1 fully saturated rings. The Morgan fingerprint density at radius 3 is 2.64 bits per heavy atom. The highest BCUT2D eigenvalue weighted by Crippen LogP contribution is 2.49. The molecule has 1 nitrogen and oxygen atoms in total. The minimum atomic E-state index is -0.457. The summed E-state index contributed by atoms with van der Waals surface area (Å²) < 4.78 is 1.15. The van der Waals surface area contributed by atoms with Crippen LogP contribution in [0.2, 0.25) is 0 Å². The number of aliphatic hydroxyl groups is 1. The van der Waals surface area contributed by atoms with E-state index in [0.29, 0.717) is 0 Å². The van der Waals surface area contributed by atoms with Gasteiger partial charge in [0.1, 0.15) is 0 Å². The lowest BCUT2D eigenvalue weighted by Crippen LogP contribution is -1.99. The van der Waals surface area contributed by atoms with Crippen molar-refractivity contribution in [3.63, 3.8) is 0 Å². The fourth-order valence-corrected chi connectivity index (χ4v) is 2.73. The molecular formula is C8H9BrOS. The van der Waals surface area contributed by atoms with E-state index in [1.54, 1.807) is 11.3 Å². The smallest absolute Gasteiger partial charge is 0.0990 e. The molecule has 1 aliphatic carbocycles. The van der Waals surface area contributed by atoms with Gasteiger partial charge in [-0.2, -0.15) is 0 Å². The Balaban J connectivity index is 2.39. The quantitative estimate of drug-likeness (QED) is 0.790. The Morgan fingerprint density at radius 1 is 1.64 bits per heavy atom. The van der Waals surface area contributed by atoms with Crippen LogP contribution in [0.15, 0.2) is 9.85 Å². The highest BCUT2D eigenvalue weighted by Gasteiger charge is 2.43. The first-order valence-electron chi connectivity index (χ1n) is 3.61. The second-order valence-corrected chi connectivity index (χ2v) is 5.47. The van der Waals surface area contributed by atoms with Crippen molar-refractivity contribution in [3.8, 4) is 0 Å². The fraction of sp³-hybridized carbons (Fsp3) is 0.500. The minimum absolute atomic E-state index is 0.457. The Bertz CT molecular complexity index is 269. The van der Waals surface area contributed by atoms with Crippen LogP contribution >= 0.6 is 27.3 Å². The molecule has 0 aliphatic heterocycles. The molecule has 0 radical (unpaired) electrons. The molecule has 1 N–H and O–H groups in total. The molecule has 3 heteroatoms. The van der Waals surface area contributed by atoms with Gasteiger partial charge in [-0.3, -0.25) is 0 Å². The third kappa shape index (κ3) is 1.25. The van der Waals surface area contributed by atoms with Crippen molar-refractivity contribution in [1.82, 2.24) is 0 Å². The van der Waals surface area contributed by atoms with Crippen LogP contribution in [0.3, 0.4) is 0 Å². The third-order valence-corrected chi connectivity index (χ3v) is 4.37. The fourth-order valence-electron chi connectivity index (χ4n) is 1.05. The highest BCUT2D eigenvalue weighted by molar-refractivity contribution is 9.11. The van der Waals surface area contributed by atoms with E-state index in [9.17, 15) is 5.11 Å². The molecule has 0 saturated heterocycles. The predicted octanol–water partition coefficient (Wildman–Crippen LogP) is 2.80. The van der Waals surface area contributed by atoms with Gasteiger partial charge in [0.05, 0.1) is 9.39 Å². The second-order valence-electron chi connectivity index (χ2n) is 3.10. The zero-order valence-electron chi connectivity index (χ0n) is 6.22. The van der Waals surface area contributed by atoms with E-state index in [-0.39, 0.29) is 0 Å². The van der Waals surface area contributed by atoms with E-state index >= 15 is 0 Å². The van der Waals surface area contributed by atoms with Gasteiger partial charge in [-0.05, 0) is 47.3 Å². The van der Waals surface area contributed by atoms with Crippen LogP contribution in [0.5, 0.6) is 0 Å². The SMILES string of the molecule is Cc1cc(C2(O)CC2)sc1Br. The normalized spacial score (nSPS) is 20.3. The van der Waals surface area contributed by atoms with Crippen LogP contribution < -0.4 is 0 Å². The maximum absolute atomic E-state index is 9.73. The largest absolute Gasteiger partial charge is 0.384 e. The van der Waals surface area contributed by atoms with Gasteiger partial charge in [-0.15, -0.1) is 11.3 Å². The molecular weight excluding hydrogens is 224 g/mol. The summed E-state index contributed by atoms with van der Waals surface area (Å²) in [6.45, 7) is 2.05. The van der Waals surface area contributed by atoms with Crippen molar-refractivity contribution < 1.29 is 5.11 Å². The number of halogens is 1. The number of thiophene rings is 1. The van der Waals surface area contributed by atoms with Crippen LogP contribution in [0, 0.1) is 6.92 Å². The van der Waals surface area contributed by atoms with Crippen LogP contribution in [-0.2, 0) is 5.60 Å². The first-order valence-corrected chi connectivity index (χ1v) is 5.21. The van der Waals surface area contributed by atoms with E-state index in [1.807, 2.05) is 0 Å². The van der Waals surface area contributed by atoms with Crippen LogP contribution in [0.4, 0.5) is 0 Å². The van der Waals surface area contributed by atoms with Gasteiger partial charge in [0.25, 0.3) is 0 Å². The summed E-state index contributed by atoms with van der Waals surface area (Å²) in [6.07, 6.45) is 1.86. The van der Waals surface area contributed by atoms with Crippen LogP contribution in [0.25, 0.3) is 0 Å². The zero-order valence-corrected chi connectivity index (χ0v) is 8.63. The Morgan fingerprint density at radius 2 is 2.27 bits per heavy atom. The highest BCUT2D eigenvalue weighted by atomic mass is 79.9. The summed E-state index contributed by atoms with van der Waals surface area (Å²) in [4.78, 5) is 1.11. The molecule has 1 aromatic rings.